The maximum atomic E-state index is 10.6. The van der Waals surface area contributed by atoms with E-state index < -0.39 is 0 Å². The van der Waals surface area contributed by atoms with Gasteiger partial charge in [-0.1, -0.05) is 19.0 Å². The molecule has 1 heterocycles. The van der Waals surface area contributed by atoms with Gasteiger partial charge in [-0.2, -0.15) is 4.98 Å². The molecule has 0 saturated heterocycles. The van der Waals surface area contributed by atoms with E-state index in [9.17, 15) is 4.79 Å². The number of benzene rings is 1. The van der Waals surface area contributed by atoms with Crippen LogP contribution in [0.2, 0.25) is 0 Å². The maximum Gasteiger partial charge on any atom is 0.264 e. The summed E-state index contributed by atoms with van der Waals surface area (Å²) in [6.45, 7) is 4.17. The number of hydrogen-bond donors (Lipinski definition) is 0. The molecule has 5 nitrogen and oxygen atoms in total. The van der Waals surface area contributed by atoms with Crippen LogP contribution in [0.5, 0.6) is 5.75 Å². The highest BCUT2D eigenvalue weighted by atomic mass is 79.9. The lowest BCUT2D eigenvalue weighted by Gasteiger charge is -2.05. The van der Waals surface area contributed by atoms with Crippen LogP contribution >= 0.6 is 15.9 Å². The van der Waals surface area contributed by atoms with Crippen LogP contribution in [0.4, 0.5) is 0 Å². The molecule has 0 saturated carbocycles. The van der Waals surface area contributed by atoms with Crippen molar-refractivity contribution in [3.8, 4) is 5.75 Å². The third kappa shape index (κ3) is 3.41. The van der Waals surface area contributed by atoms with Crippen molar-refractivity contribution in [1.29, 1.82) is 0 Å². The Labute approximate surface area is 119 Å². The molecule has 0 radical (unpaired) electrons. The van der Waals surface area contributed by atoms with E-state index in [4.69, 9.17) is 9.26 Å². The van der Waals surface area contributed by atoms with Crippen molar-refractivity contribution in [1.82, 2.24) is 10.1 Å². The second-order valence-electron chi connectivity index (χ2n) is 4.30. The first-order valence-corrected chi connectivity index (χ1v) is 6.59. The summed E-state index contributed by atoms with van der Waals surface area (Å²) in [5.41, 5.74) is 0.583. The van der Waals surface area contributed by atoms with Crippen LogP contribution in [0.1, 0.15) is 41.8 Å². The largest absolute Gasteiger partial charge is 0.483 e. The fourth-order valence-electron chi connectivity index (χ4n) is 1.41. The molecule has 0 amide bonds. The molecule has 2 aromatic rings. The lowest BCUT2D eigenvalue weighted by molar-refractivity contribution is 0.112. The molecular formula is C13H13BrN2O3. The summed E-state index contributed by atoms with van der Waals surface area (Å²) in [7, 11) is 0. The molecule has 0 aliphatic rings. The van der Waals surface area contributed by atoms with Crippen LogP contribution < -0.4 is 4.74 Å². The van der Waals surface area contributed by atoms with Crippen LogP contribution in [-0.2, 0) is 6.61 Å². The topological polar surface area (TPSA) is 65.2 Å². The highest BCUT2D eigenvalue weighted by molar-refractivity contribution is 9.10. The number of nitrogens with zero attached hydrogens (tertiary/aromatic N) is 2. The van der Waals surface area contributed by atoms with Crippen molar-refractivity contribution in [2.75, 3.05) is 0 Å². The number of hydrogen-bond acceptors (Lipinski definition) is 5. The van der Waals surface area contributed by atoms with Gasteiger partial charge in [0.05, 0.1) is 4.47 Å². The summed E-state index contributed by atoms with van der Waals surface area (Å²) in [6, 6.07) is 5.09. The zero-order chi connectivity index (χ0) is 13.8. The van der Waals surface area contributed by atoms with E-state index in [1.165, 1.54) is 0 Å². The van der Waals surface area contributed by atoms with E-state index in [0.717, 1.165) is 6.29 Å². The first-order valence-electron chi connectivity index (χ1n) is 5.80. The number of ether oxygens (including phenoxy) is 1. The molecule has 1 aromatic carbocycles. The van der Waals surface area contributed by atoms with Crippen LogP contribution in [0, 0.1) is 0 Å². The third-order valence-electron chi connectivity index (χ3n) is 2.44. The van der Waals surface area contributed by atoms with E-state index in [2.05, 4.69) is 26.1 Å². The lowest BCUT2D eigenvalue weighted by Crippen LogP contribution is -1.98. The minimum Gasteiger partial charge on any atom is -0.483 e. The highest BCUT2D eigenvalue weighted by Crippen LogP contribution is 2.26. The Morgan fingerprint density at radius 3 is 2.84 bits per heavy atom. The molecule has 0 atom stereocenters. The van der Waals surface area contributed by atoms with Gasteiger partial charge in [0.1, 0.15) is 12.0 Å². The van der Waals surface area contributed by atoms with E-state index in [0.29, 0.717) is 27.5 Å². The first-order chi connectivity index (χ1) is 9.10. The molecular weight excluding hydrogens is 312 g/mol. The maximum absolute atomic E-state index is 10.6. The van der Waals surface area contributed by atoms with Crippen molar-refractivity contribution in [2.24, 2.45) is 0 Å². The average molecular weight is 325 g/mol. The number of aldehydes is 1. The fraction of sp³-hybridized carbons (Fsp3) is 0.308. The second kappa shape index (κ2) is 5.97. The number of carbonyl (C=O) groups is 1. The Kier molecular flexibility index (Phi) is 4.31. The molecule has 0 fully saturated rings. The van der Waals surface area contributed by atoms with Crippen molar-refractivity contribution in [3.63, 3.8) is 0 Å². The van der Waals surface area contributed by atoms with Gasteiger partial charge in [-0.3, -0.25) is 4.79 Å². The molecule has 0 aliphatic carbocycles. The molecule has 6 heteroatoms. The predicted molar refractivity (Wildman–Crippen MR) is 72.2 cm³/mol. The second-order valence-corrected chi connectivity index (χ2v) is 5.15. The summed E-state index contributed by atoms with van der Waals surface area (Å²) in [5.74, 6) is 1.93. The number of carbonyl (C=O) groups excluding carboxylic acids is 1. The zero-order valence-electron chi connectivity index (χ0n) is 10.6. The lowest BCUT2D eigenvalue weighted by atomic mass is 10.2. The van der Waals surface area contributed by atoms with Gasteiger partial charge in [0, 0.05) is 11.5 Å². The first kappa shape index (κ1) is 13.7. The summed E-state index contributed by atoms with van der Waals surface area (Å²) in [6.07, 6.45) is 0.779. The monoisotopic (exact) mass is 324 g/mol. The Hall–Kier alpha value is -1.69. The molecule has 0 spiro atoms. The van der Waals surface area contributed by atoms with E-state index in [1.54, 1.807) is 18.2 Å². The quantitative estimate of drug-likeness (QED) is 0.789. The Balaban J connectivity index is 2.03. The molecule has 0 N–H and O–H groups in total. The Morgan fingerprint density at radius 1 is 1.47 bits per heavy atom. The van der Waals surface area contributed by atoms with E-state index in [-0.39, 0.29) is 12.5 Å². The zero-order valence-corrected chi connectivity index (χ0v) is 12.2. The van der Waals surface area contributed by atoms with Crippen molar-refractivity contribution in [3.05, 3.63) is 40.0 Å². The van der Waals surface area contributed by atoms with E-state index in [1.807, 2.05) is 13.8 Å². The minimum atomic E-state index is 0.193. The van der Waals surface area contributed by atoms with Gasteiger partial charge in [-0.05, 0) is 34.1 Å². The van der Waals surface area contributed by atoms with Gasteiger partial charge in [-0.25, -0.2) is 0 Å². The van der Waals surface area contributed by atoms with Crippen molar-refractivity contribution >= 4 is 22.2 Å². The normalized spacial score (nSPS) is 10.7. The van der Waals surface area contributed by atoms with Crippen LogP contribution in [-0.4, -0.2) is 16.4 Å². The van der Waals surface area contributed by atoms with Gasteiger partial charge >= 0.3 is 0 Å². The van der Waals surface area contributed by atoms with Crippen molar-refractivity contribution < 1.29 is 14.1 Å². The van der Waals surface area contributed by atoms with Gasteiger partial charge in [0.15, 0.2) is 12.4 Å². The summed E-state index contributed by atoms with van der Waals surface area (Å²) in [5, 5.41) is 3.85. The molecule has 19 heavy (non-hydrogen) atoms. The van der Waals surface area contributed by atoms with Gasteiger partial charge in [-0.15, -0.1) is 0 Å². The minimum absolute atomic E-state index is 0.193. The number of rotatable bonds is 5. The predicted octanol–water partition coefficient (Wildman–Crippen LogP) is 3.35. The Morgan fingerprint density at radius 2 is 2.26 bits per heavy atom. The third-order valence-corrected chi connectivity index (χ3v) is 3.06. The van der Waals surface area contributed by atoms with Gasteiger partial charge < -0.3 is 9.26 Å². The molecule has 100 valence electrons. The SMILES string of the molecule is CC(C)c1noc(COc2ccc(C=O)cc2Br)n1. The smallest absolute Gasteiger partial charge is 0.264 e. The number of aromatic nitrogens is 2. The molecule has 0 unspecified atom stereocenters. The summed E-state index contributed by atoms with van der Waals surface area (Å²) < 4.78 is 11.3. The molecule has 0 aliphatic heterocycles. The standard InChI is InChI=1S/C13H13BrN2O3/c1-8(2)13-15-12(19-16-13)7-18-11-4-3-9(6-17)5-10(11)14/h3-6,8H,7H2,1-2H3. The van der Waals surface area contributed by atoms with E-state index >= 15 is 0 Å². The Bertz CT molecular complexity index is 581. The molecule has 1 aromatic heterocycles. The van der Waals surface area contributed by atoms with Crippen molar-refractivity contribution in [2.45, 2.75) is 26.4 Å². The summed E-state index contributed by atoms with van der Waals surface area (Å²) >= 11 is 3.34. The van der Waals surface area contributed by atoms with Gasteiger partial charge in [0.2, 0.25) is 0 Å². The molecule has 0 bridgehead atoms. The van der Waals surface area contributed by atoms with Crippen LogP contribution in [0.15, 0.2) is 27.2 Å². The van der Waals surface area contributed by atoms with Gasteiger partial charge in [0.25, 0.3) is 5.89 Å². The highest BCUT2D eigenvalue weighted by Gasteiger charge is 2.11. The average Bonchev–Trinajstić information content (AvgIpc) is 2.86. The molecule has 2 rings (SSSR count). The number of halogens is 1. The fourth-order valence-corrected chi connectivity index (χ4v) is 1.92. The van der Waals surface area contributed by atoms with Crippen LogP contribution in [0.3, 0.4) is 0 Å². The summed E-state index contributed by atoms with van der Waals surface area (Å²) in [4.78, 5) is 14.8. The van der Waals surface area contributed by atoms with Crippen LogP contribution in [0.25, 0.3) is 0 Å².